The number of nitrogens with zero attached hydrogens (tertiary/aromatic N) is 2. The molecule has 0 spiro atoms. The van der Waals surface area contributed by atoms with Crippen LogP contribution in [0, 0.1) is 19.8 Å². The van der Waals surface area contributed by atoms with Gasteiger partial charge in [0.25, 0.3) is 10.0 Å². The van der Waals surface area contributed by atoms with E-state index in [4.69, 9.17) is 11.6 Å². The number of thiazole rings is 1. The molecule has 0 radical (unpaired) electrons. The second-order valence-electron chi connectivity index (χ2n) is 7.59. The molecule has 1 unspecified atom stereocenters. The van der Waals surface area contributed by atoms with Crippen molar-refractivity contribution in [1.82, 2.24) is 9.29 Å². The first-order chi connectivity index (χ1) is 14.7. The van der Waals surface area contributed by atoms with Gasteiger partial charge in [-0.3, -0.25) is 4.79 Å². The maximum absolute atomic E-state index is 12.9. The zero-order valence-electron chi connectivity index (χ0n) is 17.1. The van der Waals surface area contributed by atoms with Crippen LogP contribution in [0.15, 0.2) is 39.9 Å². The number of nitrogens with one attached hydrogen (secondary N) is 1. The fraction of sp³-hybridized carbons (Fsp3) is 0.333. The number of halogens is 1. The van der Waals surface area contributed by atoms with E-state index >= 15 is 0 Å². The van der Waals surface area contributed by atoms with Crippen LogP contribution in [0.25, 0.3) is 11.3 Å². The average Bonchev–Trinajstić information content (AvgIpc) is 3.39. The summed E-state index contributed by atoms with van der Waals surface area (Å²) in [6.45, 7) is 4.67. The third-order valence-corrected chi connectivity index (χ3v) is 9.76. The summed E-state index contributed by atoms with van der Waals surface area (Å²) in [6, 6.07) is 9.24. The van der Waals surface area contributed by atoms with Crippen molar-refractivity contribution in [2.45, 2.75) is 30.9 Å². The third-order valence-electron chi connectivity index (χ3n) is 5.43. The summed E-state index contributed by atoms with van der Waals surface area (Å²) in [4.78, 5) is 17.4. The predicted octanol–water partition coefficient (Wildman–Crippen LogP) is 5.18. The predicted molar refractivity (Wildman–Crippen MR) is 126 cm³/mol. The standard InChI is InChI=1S/C21H22ClN3O3S3/c1-13-5-6-15(10-14(13)2)17-12-29-21(23-17)24-20(26)16-4-3-9-25(11-16)31(27,28)19-8-7-18(22)30-19/h5-8,10,12,16H,3-4,9,11H2,1-2H3,(H,23,24,26). The Kier molecular flexibility index (Phi) is 6.50. The smallest absolute Gasteiger partial charge is 0.252 e. The normalized spacial score (nSPS) is 17.6. The Morgan fingerprint density at radius 3 is 2.74 bits per heavy atom. The highest BCUT2D eigenvalue weighted by atomic mass is 35.5. The highest BCUT2D eigenvalue weighted by molar-refractivity contribution is 7.91. The van der Waals surface area contributed by atoms with E-state index in [1.165, 1.54) is 32.8 Å². The maximum atomic E-state index is 12.9. The Labute approximate surface area is 194 Å². The highest BCUT2D eigenvalue weighted by Gasteiger charge is 2.34. The molecule has 1 saturated heterocycles. The number of rotatable bonds is 5. The van der Waals surface area contributed by atoms with Gasteiger partial charge in [-0.15, -0.1) is 22.7 Å². The number of benzene rings is 1. The summed E-state index contributed by atoms with van der Waals surface area (Å²) >= 11 is 8.30. The van der Waals surface area contributed by atoms with Crippen molar-refractivity contribution in [3.05, 3.63) is 51.2 Å². The molecule has 3 heterocycles. The van der Waals surface area contributed by atoms with E-state index in [0.29, 0.717) is 28.9 Å². The van der Waals surface area contributed by atoms with Crippen LogP contribution in [0.2, 0.25) is 4.34 Å². The second kappa shape index (κ2) is 8.99. The lowest BCUT2D eigenvalue weighted by Gasteiger charge is -2.30. The molecule has 0 aliphatic carbocycles. The molecular weight excluding hydrogens is 474 g/mol. The molecule has 1 N–H and O–H groups in total. The van der Waals surface area contributed by atoms with Crippen molar-refractivity contribution in [1.29, 1.82) is 0 Å². The lowest BCUT2D eigenvalue weighted by molar-refractivity contribution is -0.120. The fourth-order valence-corrected chi connectivity index (χ4v) is 7.39. The van der Waals surface area contributed by atoms with Crippen molar-refractivity contribution >= 4 is 55.3 Å². The number of anilines is 1. The molecular formula is C21H22ClN3O3S3. The molecule has 1 amide bonds. The number of hydrogen-bond acceptors (Lipinski definition) is 6. The van der Waals surface area contributed by atoms with Gasteiger partial charge in [-0.05, 0) is 56.0 Å². The first kappa shape index (κ1) is 22.4. The number of carbonyl (C=O) groups excluding carboxylic acids is 1. The maximum Gasteiger partial charge on any atom is 0.252 e. The fourth-order valence-electron chi connectivity index (χ4n) is 3.51. The lowest BCUT2D eigenvalue weighted by Crippen LogP contribution is -2.43. The Balaban J connectivity index is 1.44. The quantitative estimate of drug-likeness (QED) is 0.528. The zero-order valence-corrected chi connectivity index (χ0v) is 20.3. The van der Waals surface area contributed by atoms with Crippen LogP contribution in [-0.2, 0) is 14.8 Å². The van der Waals surface area contributed by atoms with Gasteiger partial charge < -0.3 is 5.32 Å². The van der Waals surface area contributed by atoms with Crippen LogP contribution in [-0.4, -0.2) is 36.7 Å². The molecule has 1 aromatic carbocycles. The summed E-state index contributed by atoms with van der Waals surface area (Å²) < 4.78 is 27.8. The minimum absolute atomic E-state index is 0.152. The van der Waals surface area contributed by atoms with Crippen LogP contribution < -0.4 is 5.32 Å². The molecule has 3 aromatic rings. The van der Waals surface area contributed by atoms with Gasteiger partial charge in [0.15, 0.2) is 5.13 Å². The van der Waals surface area contributed by atoms with Gasteiger partial charge in [-0.1, -0.05) is 23.7 Å². The number of hydrogen-bond donors (Lipinski definition) is 1. The van der Waals surface area contributed by atoms with E-state index < -0.39 is 15.9 Å². The molecule has 10 heteroatoms. The minimum Gasteiger partial charge on any atom is -0.302 e. The van der Waals surface area contributed by atoms with Crippen LogP contribution in [0.5, 0.6) is 0 Å². The number of carbonyl (C=O) groups is 1. The summed E-state index contributed by atoms with van der Waals surface area (Å²) in [5.41, 5.74) is 4.22. The Morgan fingerprint density at radius 2 is 2.03 bits per heavy atom. The van der Waals surface area contributed by atoms with Crippen molar-refractivity contribution in [2.24, 2.45) is 5.92 Å². The van der Waals surface area contributed by atoms with Gasteiger partial charge in [-0.2, -0.15) is 4.31 Å². The average molecular weight is 496 g/mol. The summed E-state index contributed by atoms with van der Waals surface area (Å²) in [5, 5.41) is 5.30. The minimum atomic E-state index is -3.65. The van der Waals surface area contributed by atoms with E-state index in [2.05, 4.69) is 36.3 Å². The second-order valence-corrected chi connectivity index (χ2v) is 12.3. The Bertz CT molecular complexity index is 1220. The van der Waals surface area contributed by atoms with Gasteiger partial charge in [0.2, 0.25) is 5.91 Å². The molecule has 0 bridgehead atoms. The van der Waals surface area contributed by atoms with Crippen molar-refractivity contribution in [3.63, 3.8) is 0 Å². The van der Waals surface area contributed by atoms with E-state index in [1.54, 1.807) is 6.07 Å². The van der Waals surface area contributed by atoms with E-state index in [9.17, 15) is 13.2 Å². The Morgan fingerprint density at radius 1 is 1.23 bits per heavy atom. The largest absolute Gasteiger partial charge is 0.302 e. The number of amides is 1. The van der Waals surface area contributed by atoms with Crippen LogP contribution in [0.1, 0.15) is 24.0 Å². The summed E-state index contributed by atoms with van der Waals surface area (Å²) in [5.74, 6) is -0.627. The highest BCUT2D eigenvalue weighted by Crippen LogP contribution is 2.31. The molecule has 31 heavy (non-hydrogen) atoms. The number of aryl methyl sites for hydroxylation is 2. The van der Waals surface area contributed by atoms with Crippen LogP contribution in [0.4, 0.5) is 5.13 Å². The molecule has 6 nitrogen and oxygen atoms in total. The first-order valence-electron chi connectivity index (χ1n) is 9.83. The number of piperidine rings is 1. The van der Waals surface area contributed by atoms with E-state index in [0.717, 1.165) is 22.6 Å². The van der Waals surface area contributed by atoms with Gasteiger partial charge in [-0.25, -0.2) is 13.4 Å². The zero-order chi connectivity index (χ0) is 22.2. The molecule has 0 saturated carbocycles. The van der Waals surface area contributed by atoms with Crippen LogP contribution in [0.3, 0.4) is 0 Å². The number of sulfonamides is 1. The lowest BCUT2D eigenvalue weighted by atomic mass is 9.99. The van der Waals surface area contributed by atoms with Gasteiger partial charge >= 0.3 is 0 Å². The molecule has 164 valence electrons. The van der Waals surface area contributed by atoms with E-state index in [-0.39, 0.29) is 16.7 Å². The molecule has 1 aliphatic heterocycles. The summed E-state index contributed by atoms with van der Waals surface area (Å²) in [6.07, 6.45) is 1.26. The van der Waals surface area contributed by atoms with Crippen LogP contribution >= 0.6 is 34.3 Å². The molecule has 4 rings (SSSR count). The van der Waals surface area contributed by atoms with Crippen molar-refractivity contribution in [3.8, 4) is 11.3 Å². The molecule has 1 atom stereocenters. The Hall–Kier alpha value is -1.78. The first-order valence-corrected chi connectivity index (χ1v) is 13.3. The van der Waals surface area contributed by atoms with Crippen molar-refractivity contribution < 1.29 is 13.2 Å². The van der Waals surface area contributed by atoms with E-state index in [1.807, 2.05) is 11.4 Å². The number of aromatic nitrogens is 1. The topological polar surface area (TPSA) is 79.4 Å². The van der Waals surface area contributed by atoms with Gasteiger partial charge in [0.1, 0.15) is 4.21 Å². The third kappa shape index (κ3) is 4.85. The van der Waals surface area contributed by atoms with Gasteiger partial charge in [0, 0.05) is 24.0 Å². The molecule has 1 fully saturated rings. The monoisotopic (exact) mass is 495 g/mol. The van der Waals surface area contributed by atoms with Gasteiger partial charge in [0.05, 0.1) is 15.9 Å². The molecule has 1 aliphatic rings. The molecule has 2 aromatic heterocycles. The number of thiophene rings is 1. The SMILES string of the molecule is Cc1ccc(-c2csc(NC(=O)C3CCCN(S(=O)(=O)c4ccc(Cl)s4)C3)n2)cc1C. The van der Waals surface area contributed by atoms with Crippen molar-refractivity contribution in [2.75, 3.05) is 18.4 Å². The summed E-state index contributed by atoms with van der Waals surface area (Å²) in [7, 11) is -3.65.